The van der Waals surface area contributed by atoms with Crippen LogP contribution >= 0.6 is 23.2 Å². The van der Waals surface area contributed by atoms with Crippen LogP contribution in [0.4, 0.5) is 0 Å². The summed E-state index contributed by atoms with van der Waals surface area (Å²) in [7, 11) is 0. The highest BCUT2D eigenvalue weighted by molar-refractivity contribution is 6.42. The number of carbonyl (C=O) groups is 1. The number of piperazine rings is 1. The van der Waals surface area contributed by atoms with Crippen LogP contribution in [0.15, 0.2) is 48.7 Å². The van der Waals surface area contributed by atoms with Gasteiger partial charge in [0.25, 0.3) is 5.91 Å². The van der Waals surface area contributed by atoms with Gasteiger partial charge in [-0.15, -0.1) is 0 Å². The summed E-state index contributed by atoms with van der Waals surface area (Å²) in [5.74, 6) is 1.96. The molecule has 0 unspecified atom stereocenters. The van der Waals surface area contributed by atoms with Crippen molar-refractivity contribution in [2.75, 3.05) is 33.0 Å². The second kappa shape index (κ2) is 9.51. The van der Waals surface area contributed by atoms with Crippen LogP contribution in [-0.2, 0) is 13.3 Å². The molecule has 0 N–H and O–H groups in total. The second-order valence-corrected chi connectivity index (χ2v) is 8.61. The van der Waals surface area contributed by atoms with E-state index in [0.29, 0.717) is 34.6 Å². The normalized spacial score (nSPS) is 15.6. The number of benzene rings is 2. The average Bonchev–Trinajstić information content (AvgIpc) is 3.49. The molecule has 0 radical (unpaired) electrons. The Kier molecular flexibility index (Phi) is 6.30. The molecule has 2 aliphatic rings. The van der Waals surface area contributed by atoms with E-state index in [1.165, 1.54) is 0 Å². The van der Waals surface area contributed by atoms with Crippen molar-refractivity contribution in [3.05, 3.63) is 70.0 Å². The summed E-state index contributed by atoms with van der Waals surface area (Å²) in [5, 5.41) is 5.13. The van der Waals surface area contributed by atoms with Crippen molar-refractivity contribution in [3.8, 4) is 17.2 Å². The van der Waals surface area contributed by atoms with Crippen LogP contribution in [0.3, 0.4) is 0 Å². The van der Waals surface area contributed by atoms with E-state index < -0.39 is 0 Å². The van der Waals surface area contributed by atoms with E-state index in [-0.39, 0.29) is 19.4 Å². The van der Waals surface area contributed by atoms with Crippen LogP contribution in [0.25, 0.3) is 0 Å². The lowest BCUT2D eigenvalue weighted by Gasteiger charge is -2.34. The van der Waals surface area contributed by atoms with Crippen molar-refractivity contribution in [3.63, 3.8) is 0 Å². The molecule has 0 bridgehead atoms. The van der Waals surface area contributed by atoms with Gasteiger partial charge in [-0.2, -0.15) is 5.10 Å². The zero-order valence-corrected chi connectivity index (χ0v) is 19.3. The third kappa shape index (κ3) is 4.88. The molecule has 1 saturated heterocycles. The molecule has 0 saturated carbocycles. The van der Waals surface area contributed by atoms with Gasteiger partial charge in [-0.1, -0.05) is 35.3 Å². The van der Waals surface area contributed by atoms with E-state index in [1.54, 1.807) is 35.1 Å². The first-order chi connectivity index (χ1) is 16.1. The minimum atomic E-state index is -0.0859. The van der Waals surface area contributed by atoms with Gasteiger partial charge < -0.3 is 19.1 Å². The number of nitrogens with zero attached hydrogens (tertiary/aromatic N) is 4. The van der Waals surface area contributed by atoms with Crippen molar-refractivity contribution in [2.45, 2.75) is 13.3 Å². The van der Waals surface area contributed by atoms with Crippen molar-refractivity contribution in [2.24, 2.45) is 0 Å². The first kappa shape index (κ1) is 21.9. The number of carbonyl (C=O) groups excluding carboxylic acids is 1. The van der Waals surface area contributed by atoms with Gasteiger partial charge in [-0.05, 0) is 35.9 Å². The van der Waals surface area contributed by atoms with Gasteiger partial charge in [0, 0.05) is 38.9 Å². The summed E-state index contributed by atoms with van der Waals surface area (Å²) in [4.78, 5) is 17.1. The highest BCUT2D eigenvalue weighted by Crippen LogP contribution is 2.33. The molecule has 1 aromatic heterocycles. The maximum Gasteiger partial charge on any atom is 0.274 e. The summed E-state index contributed by atoms with van der Waals surface area (Å²) in [6.07, 6.45) is 1.71. The van der Waals surface area contributed by atoms with Crippen LogP contribution < -0.4 is 14.2 Å². The molecule has 172 valence electrons. The molecule has 3 heterocycles. The molecule has 2 aliphatic heterocycles. The number of rotatable bonds is 6. The predicted molar refractivity (Wildman–Crippen MR) is 123 cm³/mol. The van der Waals surface area contributed by atoms with Gasteiger partial charge in [-0.25, -0.2) is 4.68 Å². The Morgan fingerprint density at radius 2 is 1.85 bits per heavy atom. The molecule has 2 aromatic carbocycles. The van der Waals surface area contributed by atoms with E-state index in [2.05, 4.69) is 16.1 Å². The maximum absolute atomic E-state index is 12.9. The molecule has 0 spiro atoms. The lowest BCUT2D eigenvalue weighted by Crippen LogP contribution is -2.48. The average molecular weight is 489 g/mol. The van der Waals surface area contributed by atoms with E-state index in [9.17, 15) is 4.79 Å². The molecule has 10 heteroatoms. The Hall–Kier alpha value is -2.94. The number of fused-ring (bicyclic) bond motifs is 1. The first-order valence-corrected chi connectivity index (χ1v) is 11.3. The molecule has 0 aliphatic carbocycles. The molecule has 0 atom stereocenters. The van der Waals surface area contributed by atoms with E-state index in [1.807, 2.05) is 17.0 Å². The van der Waals surface area contributed by atoms with Crippen LogP contribution in [0.1, 0.15) is 16.1 Å². The lowest BCUT2D eigenvalue weighted by molar-refractivity contribution is 0.0621. The smallest absolute Gasteiger partial charge is 0.274 e. The van der Waals surface area contributed by atoms with Gasteiger partial charge in [0.15, 0.2) is 23.9 Å². The fraction of sp³-hybridized carbons (Fsp3) is 0.304. The number of halogens is 2. The Morgan fingerprint density at radius 1 is 1.03 bits per heavy atom. The van der Waals surface area contributed by atoms with Crippen LogP contribution in [0.2, 0.25) is 10.0 Å². The van der Waals surface area contributed by atoms with Crippen LogP contribution in [0.5, 0.6) is 17.2 Å². The van der Waals surface area contributed by atoms with Crippen molar-refractivity contribution in [1.82, 2.24) is 19.6 Å². The fourth-order valence-electron chi connectivity index (χ4n) is 3.85. The van der Waals surface area contributed by atoms with Gasteiger partial charge in [0.2, 0.25) is 6.79 Å². The molecule has 1 amide bonds. The number of amides is 1. The topological polar surface area (TPSA) is 69.1 Å². The van der Waals surface area contributed by atoms with Gasteiger partial charge in [-0.3, -0.25) is 9.69 Å². The Labute approximate surface area is 201 Å². The summed E-state index contributed by atoms with van der Waals surface area (Å²) in [6, 6.07) is 12.9. The molecule has 5 rings (SSSR count). The fourth-order valence-corrected chi connectivity index (χ4v) is 4.19. The molecule has 33 heavy (non-hydrogen) atoms. The predicted octanol–water partition coefficient (Wildman–Crippen LogP) is 3.91. The zero-order chi connectivity index (χ0) is 22.8. The Morgan fingerprint density at radius 3 is 2.70 bits per heavy atom. The van der Waals surface area contributed by atoms with Crippen LogP contribution in [0, 0.1) is 0 Å². The molecule has 3 aromatic rings. The third-order valence-corrected chi connectivity index (χ3v) is 6.43. The van der Waals surface area contributed by atoms with E-state index in [4.69, 9.17) is 37.4 Å². The SMILES string of the molecule is O=C(c1ccn(COc2cccc(Cl)c2Cl)n1)N1CCN(Cc2ccc3c(c2)OCO3)CC1. The number of ether oxygens (including phenoxy) is 3. The molecular formula is C23H22Cl2N4O4. The van der Waals surface area contributed by atoms with Gasteiger partial charge in [0.1, 0.15) is 10.8 Å². The largest absolute Gasteiger partial charge is 0.470 e. The van der Waals surface area contributed by atoms with Crippen LogP contribution in [-0.4, -0.2) is 58.5 Å². The Balaban J connectivity index is 1.13. The second-order valence-electron chi connectivity index (χ2n) is 7.82. The first-order valence-electron chi connectivity index (χ1n) is 10.6. The standard InChI is InChI=1S/C23H22Cl2N4O4/c24-17-2-1-3-20(22(17)25)31-14-29-7-6-18(26-29)23(30)28-10-8-27(9-11-28)13-16-4-5-19-21(12-16)33-15-32-19/h1-7,12H,8-11,13-15H2. The number of aromatic nitrogens is 2. The molecule has 1 fully saturated rings. The summed E-state index contributed by atoms with van der Waals surface area (Å²) in [6.45, 7) is 4.06. The zero-order valence-electron chi connectivity index (χ0n) is 17.7. The van der Waals surface area contributed by atoms with E-state index in [0.717, 1.165) is 36.7 Å². The van der Waals surface area contributed by atoms with Crippen molar-refractivity contribution in [1.29, 1.82) is 0 Å². The summed E-state index contributed by atoms with van der Waals surface area (Å²) < 4.78 is 18.1. The Bertz CT molecular complexity index is 1160. The van der Waals surface area contributed by atoms with Crippen molar-refractivity contribution >= 4 is 29.1 Å². The minimum Gasteiger partial charge on any atom is -0.470 e. The van der Waals surface area contributed by atoms with Gasteiger partial charge >= 0.3 is 0 Å². The third-order valence-electron chi connectivity index (χ3n) is 5.63. The monoisotopic (exact) mass is 488 g/mol. The van der Waals surface area contributed by atoms with E-state index >= 15 is 0 Å². The number of hydrogen-bond acceptors (Lipinski definition) is 6. The minimum absolute atomic E-state index is 0.0859. The van der Waals surface area contributed by atoms with Crippen molar-refractivity contribution < 1.29 is 19.0 Å². The highest BCUT2D eigenvalue weighted by Gasteiger charge is 2.24. The highest BCUT2D eigenvalue weighted by atomic mass is 35.5. The quantitative estimate of drug-likeness (QED) is 0.523. The van der Waals surface area contributed by atoms with Gasteiger partial charge in [0.05, 0.1) is 5.02 Å². The maximum atomic E-state index is 12.9. The lowest BCUT2D eigenvalue weighted by atomic mass is 10.1. The number of hydrogen-bond donors (Lipinski definition) is 0. The molecular weight excluding hydrogens is 467 g/mol. The molecule has 8 nitrogen and oxygen atoms in total. The summed E-state index contributed by atoms with van der Waals surface area (Å²) in [5.41, 5.74) is 1.55. The summed E-state index contributed by atoms with van der Waals surface area (Å²) >= 11 is 12.1.